The Kier molecular flexibility index (Phi) is 6.42. The van der Waals surface area contributed by atoms with E-state index in [0.717, 1.165) is 5.56 Å². The van der Waals surface area contributed by atoms with E-state index in [1.54, 1.807) is 24.3 Å². The Bertz CT molecular complexity index is 1350. The van der Waals surface area contributed by atoms with Crippen molar-refractivity contribution in [3.63, 3.8) is 0 Å². The van der Waals surface area contributed by atoms with Gasteiger partial charge in [0.1, 0.15) is 0 Å². The van der Waals surface area contributed by atoms with Gasteiger partial charge in [-0.15, -0.1) is 0 Å². The van der Waals surface area contributed by atoms with Gasteiger partial charge in [-0.3, -0.25) is 4.79 Å². The zero-order chi connectivity index (χ0) is 23.4. The number of hydrogen-bond donors (Lipinski definition) is 2. The number of hydrogen-bond acceptors (Lipinski definition) is 6. The van der Waals surface area contributed by atoms with Crippen molar-refractivity contribution in [1.82, 2.24) is 10.4 Å². The summed E-state index contributed by atoms with van der Waals surface area (Å²) in [4.78, 5) is 17.7. The lowest BCUT2D eigenvalue weighted by atomic mass is 10.0. The van der Waals surface area contributed by atoms with E-state index >= 15 is 0 Å². The predicted molar refractivity (Wildman–Crippen MR) is 128 cm³/mol. The number of rotatable bonds is 6. The fourth-order valence-corrected chi connectivity index (χ4v) is 3.62. The Morgan fingerprint density at radius 3 is 2.39 bits per heavy atom. The van der Waals surface area contributed by atoms with E-state index in [4.69, 9.17) is 21.1 Å². The Labute approximate surface area is 195 Å². The number of methoxy groups -OCH3 is 2. The first kappa shape index (κ1) is 22.1. The number of nitrogens with zero attached hydrogens (tertiary/aromatic N) is 2. The summed E-state index contributed by atoms with van der Waals surface area (Å²) < 4.78 is 10.3. The van der Waals surface area contributed by atoms with Crippen LogP contribution in [0.25, 0.3) is 22.2 Å². The van der Waals surface area contributed by atoms with Crippen LogP contribution in [0.2, 0.25) is 5.02 Å². The standard InChI is InChI=1S/C25H20ClN3O4/c1-32-22-11-15(12-23(33-2)24(22)30)14-27-29-25(31)18-13-21(17-8-3-5-9-19(17)26)28-20-10-6-4-7-16(18)20/h3-14,30H,1-2H3,(H,29,31)/b27-14-. The van der Waals surface area contributed by atoms with Gasteiger partial charge in [0.2, 0.25) is 5.75 Å². The number of pyridine rings is 1. The maximum atomic E-state index is 13.0. The van der Waals surface area contributed by atoms with Crippen LogP contribution in [0.1, 0.15) is 15.9 Å². The van der Waals surface area contributed by atoms with Crippen LogP contribution in [-0.4, -0.2) is 36.4 Å². The highest BCUT2D eigenvalue weighted by atomic mass is 35.5. The van der Waals surface area contributed by atoms with E-state index in [9.17, 15) is 9.90 Å². The lowest BCUT2D eigenvalue weighted by Gasteiger charge is -2.10. The highest BCUT2D eigenvalue weighted by Gasteiger charge is 2.15. The summed E-state index contributed by atoms with van der Waals surface area (Å²) in [6, 6.07) is 19.5. The molecule has 1 amide bonds. The monoisotopic (exact) mass is 461 g/mol. The number of nitrogens with one attached hydrogen (secondary N) is 1. The molecule has 4 aromatic rings. The van der Waals surface area contributed by atoms with Gasteiger partial charge in [-0.25, -0.2) is 10.4 Å². The van der Waals surface area contributed by atoms with Gasteiger partial charge in [0.25, 0.3) is 5.91 Å². The molecule has 1 aromatic heterocycles. The summed E-state index contributed by atoms with van der Waals surface area (Å²) in [6.07, 6.45) is 1.43. The summed E-state index contributed by atoms with van der Waals surface area (Å²) in [5, 5.41) is 15.3. The Morgan fingerprint density at radius 1 is 1.03 bits per heavy atom. The van der Waals surface area contributed by atoms with Gasteiger partial charge in [-0.2, -0.15) is 5.10 Å². The molecule has 3 aromatic carbocycles. The van der Waals surface area contributed by atoms with Crippen molar-refractivity contribution in [1.29, 1.82) is 0 Å². The number of carbonyl (C=O) groups excluding carboxylic acids is 1. The summed E-state index contributed by atoms with van der Waals surface area (Å²) in [7, 11) is 2.87. The maximum Gasteiger partial charge on any atom is 0.272 e. The van der Waals surface area contributed by atoms with Gasteiger partial charge in [0.15, 0.2) is 11.5 Å². The number of para-hydroxylation sites is 1. The van der Waals surface area contributed by atoms with Gasteiger partial charge < -0.3 is 14.6 Å². The molecule has 0 saturated carbocycles. The second-order valence-electron chi connectivity index (χ2n) is 7.03. The van der Waals surface area contributed by atoms with Crippen LogP contribution in [0.5, 0.6) is 17.2 Å². The van der Waals surface area contributed by atoms with Crippen LogP contribution in [0.15, 0.2) is 71.8 Å². The minimum absolute atomic E-state index is 0.114. The number of phenols is 1. The highest BCUT2D eigenvalue weighted by Crippen LogP contribution is 2.36. The van der Waals surface area contributed by atoms with Gasteiger partial charge in [-0.1, -0.05) is 48.0 Å². The summed E-state index contributed by atoms with van der Waals surface area (Å²) in [5.41, 5.74) is 5.50. The fraction of sp³-hybridized carbons (Fsp3) is 0.0800. The number of aromatic hydroxyl groups is 1. The number of halogens is 1. The third-order valence-corrected chi connectivity index (χ3v) is 5.32. The van der Waals surface area contributed by atoms with Crippen LogP contribution < -0.4 is 14.9 Å². The summed E-state index contributed by atoms with van der Waals surface area (Å²) >= 11 is 6.35. The molecule has 0 bridgehead atoms. The third-order valence-electron chi connectivity index (χ3n) is 4.99. The van der Waals surface area contributed by atoms with E-state index in [2.05, 4.69) is 15.5 Å². The first-order valence-electron chi connectivity index (χ1n) is 9.95. The number of ether oxygens (including phenoxy) is 2. The molecule has 1 heterocycles. The average Bonchev–Trinajstić information content (AvgIpc) is 2.84. The van der Waals surface area contributed by atoms with E-state index < -0.39 is 5.91 Å². The normalized spacial score (nSPS) is 11.0. The van der Waals surface area contributed by atoms with Crippen molar-refractivity contribution >= 4 is 34.6 Å². The van der Waals surface area contributed by atoms with Crippen molar-refractivity contribution in [3.8, 4) is 28.5 Å². The van der Waals surface area contributed by atoms with Crippen LogP contribution >= 0.6 is 11.6 Å². The van der Waals surface area contributed by atoms with Crippen molar-refractivity contribution in [2.24, 2.45) is 5.10 Å². The second kappa shape index (κ2) is 9.58. The van der Waals surface area contributed by atoms with Gasteiger partial charge in [0.05, 0.1) is 37.2 Å². The molecule has 0 unspecified atom stereocenters. The third kappa shape index (κ3) is 4.58. The van der Waals surface area contributed by atoms with Crippen LogP contribution in [0.4, 0.5) is 0 Å². The molecule has 7 nitrogen and oxygen atoms in total. The lowest BCUT2D eigenvalue weighted by molar-refractivity contribution is 0.0956. The van der Waals surface area contributed by atoms with E-state index in [0.29, 0.717) is 32.7 Å². The summed E-state index contributed by atoms with van der Waals surface area (Å²) in [6.45, 7) is 0. The molecule has 33 heavy (non-hydrogen) atoms. The fourth-order valence-electron chi connectivity index (χ4n) is 3.38. The Balaban J connectivity index is 1.67. The molecule has 0 atom stereocenters. The van der Waals surface area contributed by atoms with Gasteiger partial charge in [0, 0.05) is 21.5 Å². The zero-order valence-electron chi connectivity index (χ0n) is 17.9. The van der Waals surface area contributed by atoms with Crippen LogP contribution in [-0.2, 0) is 0 Å². The number of fused-ring (bicyclic) bond motifs is 1. The van der Waals surface area contributed by atoms with E-state index in [1.807, 2.05) is 42.5 Å². The molecule has 0 spiro atoms. The minimum atomic E-state index is -0.407. The lowest BCUT2D eigenvalue weighted by Crippen LogP contribution is -2.18. The van der Waals surface area contributed by atoms with Gasteiger partial charge >= 0.3 is 0 Å². The molecule has 0 saturated heterocycles. The van der Waals surface area contributed by atoms with E-state index in [-0.39, 0.29) is 17.2 Å². The van der Waals surface area contributed by atoms with Gasteiger partial charge in [-0.05, 0) is 30.3 Å². The molecule has 0 radical (unpaired) electrons. The highest BCUT2D eigenvalue weighted by molar-refractivity contribution is 6.33. The average molecular weight is 462 g/mol. The maximum absolute atomic E-state index is 13.0. The molecule has 0 aliphatic heterocycles. The van der Waals surface area contributed by atoms with Crippen molar-refractivity contribution in [3.05, 3.63) is 82.9 Å². The van der Waals surface area contributed by atoms with Crippen LogP contribution in [0.3, 0.4) is 0 Å². The Morgan fingerprint density at radius 2 is 1.70 bits per heavy atom. The molecular weight excluding hydrogens is 442 g/mol. The van der Waals surface area contributed by atoms with Crippen molar-refractivity contribution in [2.45, 2.75) is 0 Å². The predicted octanol–water partition coefficient (Wildman–Crippen LogP) is 5.04. The topological polar surface area (TPSA) is 93.0 Å². The van der Waals surface area contributed by atoms with E-state index in [1.165, 1.54) is 20.4 Å². The smallest absolute Gasteiger partial charge is 0.272 e. The number of phenolic OH excluding ortho intramolecular Hbond substituents is 1. The molecule has 0 aliphatic rings. The SMILES string of the molecule is COc1cc(/C=N\NC(=O)c2cc(-c3ccccc3Cl)nc3ccccc23)cc(OC)c1O. The largest absolute Gasteiger partial charge is 0.502 e. The minimum Gasteiger partial charge on any atom is -0.502 e. The number of amides is 1. The molecule has 0 fully saturated rings. The zero-order valence-corrected chi connectivity index (χ0v) is 18.6. The molecule has 0 aliphatic carbocycles. The molecule has 4 rings (SSSR count). The molecule has 2 N–H and O–H groups in total. The Hall–Kier alpha value is -4.10. The molecule has 8 heteroatoms. The summed E-state index contributed by atoms with van der Waals surface area (Å²) in [5.74, 6) is -0.0642. The molecular formula is C25H20ClN3O4. The number of hydrazone groups is 1. The molecule has 166 valence electrons. The quantitative estimate of drug-likeness (QED) is 0.310. The van der Waals surface area contributed by atoms with Crippen LogP contribution in [0, 0.1) is 0 Å². The van der Waals surface area contributed by atoms with Crippen molar-refractivity contribution < 1.29 is 19.4 Å². The number of benzene rings is 3. The first-order valence-corrected chi connectivity index (χ1v) is 10.3. The van der Waals surface area contributed by atoms with Crippen molar-refractivity contribution in [2.75, 3.05) is 14.2 Å². The second-order valence-corrected chi connectivity index (χ2v) is 7.43. The first-order chi connectivity index (χ1) is 16.0. The number of aromatic nitrogens is 1. The number of carbonyl (C=O) groups is 1.